The van der Waals surface area contributed by atoms with Gasteiger partial charge in [0.1, 0.15) is 13.1 Å². The number of rotatable bonds is 6. The zero-order valence-electron chi connectivity index (χ0n) is 15.1. The van der Waals surface area contributed by atoms with E-state index in [1.807, 2.05) is 31.2 Å². The fourth-order valence-corrected chi connectivity index (χ4v) is 3.23. The minimum atomic E-state index is 0.183. The summed E-state index contributed by atoms with van der Waals surface area (Å²) in [5, 5.41) is 2.07. The predicted molar refractivity (Wildman–Crippen MR) is 101 cm³/mol. The van der Waals surface area contributed by atoms with Gasteiger partial charge in [0.25, 0.3) is 0 Å². The van der Waals surface area contributed by atoms with E-state index in [-0.39, 0.29) is 5.78 Å². The van der Waals surface area contributed by atoms with Gasteiger partial charge < -0.3 is 9.88 Å². The third kappa shape index (κ3) is 3.89. The van der Waals surface area contributed by atoms with Crippen LogP contribution in [-0.2, 0) is 6.54 Å². The number of aromatic nitrogens is 1. The fraction of sp³-hybridized carbons (Fsp3) is 0.227. The van der Waals surface area contributed by atoms with Crippen LogP contribution in [0.1, 0.15) is 32.9 Å². The zero-order chi connectivity index (χ0) is 17.8. The highest BCUT2D eigenvalue weighted by Crippen LogP contribution is 2.21. The van der Waals surface area contributed by atoms with Crippen molar-refractivity contribution >= 4 is 5.78 Å². The number of aryl methyl sites for hydroxylation is 2. The van der Waals surface area contributed by atoms with Crippen molar-refractivity contribution in [1.82, 2.24) is 4.57 Å². The maximum atomic E-state index is 12.7. The normalized spacial score (nSPS) is 10.8. The van der Waals surface area contributed by atoms with Crippen LogP contribution < -0.4 is 5.32 Å². The Hall–Kier alpha value is -2.65. The average Bonchev–Trinajstić information content (AvgIpc) is 2.91. The number of nitrogens with zero attached hydrogens (tertiary/aromatic N) is 1. The summed E-state index contributed by atoms with van der Waals surface area (Å²) in [5.41, 5.74) is 6.50. The third-order valence-corrected chi connectivity index (χ3v) is 4.58. The summed E-state index contributed by atoms with van der Waals surface area (Å²) in [6.07, 6.45) is 0. The SMILES string of the molecule is Cc1ccc(-n2c(C)cc(C(=O)C[NH2+]Cc3ccccc3)c2C)cc1. The molecule has 0 unspecified atom stereocenters. The summed E-state index contributed by atoms with van der Waals surface area (Å²) in [6, 6.07) is 20.7. The minimum absolute atomic E-state index is 0.183. The van der Waals surface area contributed by atoms with Crippen LogP contribution in [-0.4, -0.2) is 16.9 Å². The number of Topliss-reactive ketones (excluding diaryl/α,β-unsaturated/α-hetero) is 1. The molecule has 0 bridgehead atoms. The molecule has 2 aromatic carbocycles. The molecular weight excluding hydrogens is 308 g/mol. The average molecular weight is 333 g/mol. The van der Waals surface area contributed by atoms with Gasteiger partial charge in [-0.2, -0.15) is 0 Å². The van der Waals surface area contributed by atoms with E-state index in [1.54, 1.807) is 0 Å². The maximum Gasteiger partial charge on any atom is 0.218 e. The first-order valence-electron chi connectivity index (χ1n) is 8.71. The lowest BCUT2D eigenvalue weighted by Crippen LogP contribution is -2.84. The van der Waals surface area contributed by atoms with E-state index in [4.69, 9.17) is 0 Å². The number of benzene rings is 2. The second-order valence-electron chi connectivity index (χ2n) is 6.56. The molecule has 0 spiro atoms. The molecule has 0 saturated carbocycles. The highest BCUT2D eigenvalue weighted by atomic mass is 16.1. The lowest BCUT2D eigenvalue weighted by atomic mass is 10.1. The van der Waals surface area contributed by atoms with Crippen LogP contribution in [0.3, 0.4) is 0 Å². The first-order chi connectivity index (χ1) is 12.1. The first-order valence-corrected chi connectivity index (χ1v) is 8.71. The summed E-state index contributed by atoms with van der Waals surface area (Å²) in [7, 11) is 0. The number of hydrogen-bond donors (Lipinski definition) is 1. The van der Waals surface area contributed by atoms with Crippen molar-refractivity contribution in [2.45, 2.75) is 27.3 Å². The second kappa shape index (κ2) is 7.49. The highest BCUT2D eigenvalue weighted by Gasteiger charge is 2.17. The fourth-order valence-electron chi connectivity index (χ4n) is 3.23. The van der Waals surface area contributed by atoms with Crippen LogP contribution in [0.5, 0.6) is 0 Å². The summed E-state index contributed by atoms with van der Waals surface area (Å²) < 4.78 is 2.16. The lowest BCUT2D eigenvalue weighted by molar-refractivity contribution is -0.658. The van der Waals surface area contributed by atoms with E-state index >= 15 is 0 Å². The lowest BCUT2D eigenvalue weighted by Gasteiger charge is -2.10. The highest BCUT2D eigenvalue weighted by molar-refractivity contribution is 5.98. The Labute approximate surface area is 149 Å². The molecule has 0 atom stereocenters. The van der Waals surface area contributed by atoms with Gasteiger partial charge >= 0.3 is 0 Å². The van der Waals surface area contributed by atoms with Gasteiger partial charge in [-0.05, 0) is 39.0 Å². The number of quaternary nitrogens is 1. The van der Waals surface area contributed by atoms with Crippen LogP contribution in [0.25, 0.3) is 5.69 Å². The van der Waals surface area contributed by atoms with E-state index < -0.39 is 0 Å². The molecule has 3 rings (SSSR count). The van der Waals surface area contributed by atoms with Gasteiger partial charge in [0.05, 0.1) is 0 Å². The quantitative estimate of drug-likeness (QED) is 0.690. The molecule has 2 N–H and O–H groups in total. The number of carbonyl (C=O) groups excluding carboxylic acids is 1. The molecule has 3 nitrogen and oxygen atoms in total. The Kier molecular flexibility index (Phi) is 5.15. The van der Waals surface area contributed by atoms with Crippen LogP contribution in [0.2, 0.25) is 0 Å². The van der Waals surface area contributed by atoms with Crippen molar-refractivity contribution in [3.63, 3.8) is 0 Å². The Morgan fingerprint density at radius 1 is 0.960 bits per heavy atom. The standard InChI is InChI=1S/C22H24N2O/c1-16-9-11-20(12-10-16)24-17(2)13-21(18(24)3)22(25)15-23-14-19-7-5-4-6-8-19/h4-13,23H,14-15H2,1-3H3/p+1. The van der Waals surface area contributed by atoms with Gasteiger partial charge in [0, 0.05) is 28.2 Å². The van der Waals surface area contributed by atoms with Crippen molar-refractivity contribution < 1.29 is 10.1 Å². The van der Waals surface area contributed by atoms with Crippen molar-refractivity contribution in [3.05, 3.63) is 88.7 Å². The van der Waals surface area contributed by atoms with Gasteiger partial charge in [0.2, 0.25) is 5.78 Å². The van der Waals surface area contributed by atoms with Gasteiger partial charge in [-0.25, -0.2) is 0 Å². The maximum absolute atomic E-state index is 12.7. The predicted octanol–water partition coefficient (Wildman–Crippen LogP) is 3.35. The topological polar surface area (TPSA) is 38.6 Å². The molecule has 1 heterocycles. The largest absolute Gasteiger partial charge is 0.336 e. The Morgan fingerprint density at radius 3 is 2.32 bits per heavy atom. The molecular formula is C22H25N2O+. The molecule has 128 valence electrons. The summed E-state index contributed by atoms with van der Waals surface area (Å²) in [4.78, 5) is 12.7. The monoisotopic (exact) mass is 333 g/mol. The molecule has 1 aromatic heterocycles. The first kappa shape index (κ1) is 17.2. The molecule has 0 fully saturated rings. The van der Waals surface area contributed by atoms with Crippen molar-refractivity contribution in [1.29, 1.82) is 0 Å². The van der Waals surface area contributed by atoms with Gasteiger partial charge in [-0.3, -0.25) is 4.79 Å². The zero-order valence-corrected chi connectivity index (χ0v) is 15.1. The smallest absolute Gasteiger partial charge is 0.218 e. The van der Waals surface area contributed by atoms with Crippen molar-refractivity contribution in [3.8, 4) is 5.69 Å². The van der Waals surface area contributed by atoms with E-state index in [0.29, 0.717) is 6.54 Å². The van der Waals surface area contributed by atoms with E-state index in [2.05, 4.69) is 60.1 Å². The van der Waals surface area contributed by atoms with Crippen molar-refractivity contribution in [2.24, 2.45) is 0 Å². The number of carbonyl (C=O) groups is 1. The Balaban J connectivity index is 1.73. The van der Waals surface area contributed by atoms with Crippen LogP contribution in [0.4, 0.5) is 0 Å². The summed E-state index contributed by atoms with van der Waals surface area (Å²) in [6.45, 7) is 7.45. The number of nitrogens with two attached hydrogens (primary N) is 1. The molecule has 0 aliphatic rings. The summed E-state index contributed by atoms with van der Waals surface area (Å²) in [5.74, 6) is 0.183. The molecule has 3 aromatic rings. The molecule has 0 aliphatic carbocycles. The Bertz CT molecular complexity index is 861. The number of ketones is 1. The van der Waals surface area contributed by atoms with Crippen molar-refractivity contribution in [2.75, 3.05) is 6.54 Å². The van der Waals surface area contributed by atoms with E-state index in [9.17, 15) is 4.79 Å². The minimum Gasteiger partial charge on any atom is -0.336 e. The number of hydrogen-bond acceptors (Lipinski definition) is 1. The van der Waals surface area contributed by atoms with Crippen LogP contribution in [0, 0.1) is 20.8 Å². The molecule has 3 heteroatoms. The van der Waals surface area contributed by atoms with E-state index in [0.717, 1.165) is 29.2 Å². The van der Waals surface area contributed by atoms with Gasteiger partial charge in [0.15, 0.2) is 0 Å². The third-order valence-electron chi connectivity index (χ3n) is 4.58. The van der Waals surface area contributed by atoms with Gasteiger partial charge in [-0.15, -0.1) is 0 Å². The van der Waals surface area contributed by atoms with Crippen LogP contribution >= 0.6 is 0 Å². The summed E-state index contributed by atoms with van der Waals surface area (Å²) >= 11 is 0. The molecule has 0 aliphatic heterocycles. The molecule has 25 heavy (non-hydrogen) atoms. The van der Waals surface area contributed by atoms with E-state index in [1.165, 1.54) is 11.1 Å². The Morgan fingerprint density at radius 2 is 1.64 bits per heavy atom. The van der Waals surface area contributed by atoms with Gasteiger partial charge in [-0.1, -0.05) is 48.0 Å². The molecule has 0 saturated heterocycles. The second-order valence-corrected chi connectivity index (χ2v) is 6.56. The molecule has 0 radical (unpaired) electrons. The van der Waals surface area contributed by atoms with Crippen LogP contribution in [0.15, 0.2) is 60.7 Å². The molecule has 0 amide bonds.